The van der Waals surface area contributed by atoms with Crippen molar-refractivity contribution in [3.63, 3.8) is 0 Å². The summed E-state index contributed by atoms with van der Waals surface area (Å²) in [7, 11) is 0. The Morgan fingerprint density at radius 1 is 1.55 bits per heavy atom. The predicted octanol–water partition coefficient (Wildman–Crippen LogP) is 0.675. The van der Waals surface area contributed by atoms with Crippen LogP contribution in [0.25, 0.3) is 0 Å². The van der Waals surface area contributed by atoms with Crippen LogP contribution in [-0.2, 0) is 4.74 Å². The van der Waals surface area contributed by atoms with E-state index in [9.17, 15) is 4.79 Å². The van der Waals surface area contributed by atoms with Gasteiger partial charge in [-0.2, -0.15) is 0 Å². The first-order valence-electron chi connectivity index (χ1n) is 6.60. The molecule has 106 valence electrons. The van der Waals surface area contributed by atoms with E-state index in [2.05, 4.69) is 16.8 Å². The summed E-state index contributed by atoms with van der Waals surface area (Å²) < 4.78 is 5.51. The largest absolute Gasteiger partial charge is 0.384 e. The Morgan fingerprint density at radius 2 is 2.35 bits per heavy atom. The molecular formula is C15H18N2O3. The molecule has 1 aliphatic rings. The molecular weight excluding hydrogens is 256 g/mol. The molecule has 2 atom stereocenters. The molecule has 2 heterocycles. The fraction of sp³-hybridized carbons (Fsp3) is 0.467. The average molecular weight is 274 g/mol. The Balaban J connectivity index is 2.12. The second kappa shape index (κ2) is 6.51. The lowest BCUT2D eigenvalue weighted by molar-refractivity contribution is -0.0389. The maximum atomic E-state index is 12.4. The fourth-order valence-corrected chi connectivity index (χ4v) is 2.07. The van der Waals surface area contributed by atoms with Gasteiger partial charge in [-0.3, -0.25) is 4.79 Å². The fourth-order valence-electron chi connectivity index (χ4n) is 2.07. The van der Waals surface area contributed by atoms with Gasteiger partial charge in [0.2, 0.25) is 0 Å². The van der Waals surface area contributed by atoms with Crippen LogP contribution in [0.4, 0.5) is 0 Å². The standard InChI is InChI=1S/C15H18N2O3/c1-11-10-20-12(2)9-17(11)15(19)14-6-5-13(8-16-14)4-3-7-18/h5-6,8,11-12,18H,7,9-10H2,1-2H3. The lowest BCUT2D eigenvalue weighted by Crippen LogP contribution is -2.50. The summed E-state index contributed by atoms with van der Waals surface area (Å²) in [4.78, 5) is 18.4. The van der Waals surface area contributed by atoms with E-state index in [-0.39, 0.29) is 24.7 Å². The second-order valence-corrected chi connectivity index (χ2v) is 4.84. The molecule has 5 heteroatoms. The van der Waals surface area contributed by atoms with Crippen molar-refractivity contribution in [1.29, 1.82) is 0 Å². The van der Waals surface area contributed by atoms with E-state index < -0.39 is 0 Å². The van der Waals surface area contributed by atoms with E-state index in [0.717, 1.165) is 0 Å². The van der Waals surface area contributed by atoms with Crippen molar-refractivity contribution in [2.24, 2.45) is 0 Å². The minimum Gasteiger partial charge on any atom is -0.384 e. The number of morpholine rings is 1. The van der Waals surface area contributed by atoms with Gasteiger partial charge < -0.3 is 14.7 Å². The van der Waals surface area contributed by atoms with Crippen LogP contribution in [0.5, 0.6) is 0 Å². The van der Waals surface area contributed by atoms with Gasteiger partial charge in [-0.15, -0.1) is 0 Å². The number of hydrogen-bond donors (Lipinski definition) is 1. The molecule has 0 aliphatic carbocycles. The zero-order valence-electron chi connectivity index (χ0n) is 11.7. The maximum absolute atomic E-state index is 12.4. The van der Waals surface area contributed by atoms with Gasteiger partial charge in [-0.1, -0.05) is 11.8 Å². The first-order valence-corrected chi connectivity index (χ1v) is 6.60. The molecule has 1 aromatic rings. The molecule has 1 N–H and O–H groups in total. The van der Waals surface area contributed by atoms with E-state index in [1.807, 2.05) is 13.8 Å². The number of nitrogens with zero attached hydrogens (tertiary/aromatic N) is 2. The number of amides is 1. The van der Waals surface area contributed by atoms with E-state index in [1.54, 1.807) is 23.2 Å². The number of carbonyl (C=O) groups is 1. The monoisotopic (exact) mass is 274 g/mol. The van der Waals surface area contributed by atoms with Crippen molar-refractivity contribution in [1.82, 2.24) is 9.88 Å². The quantitative estimate of drug-likeness (QED) is 0.765. The molecule has 1 saturated heterocycles. The summed E-state index contributed by atoms with van der Waals surface area (Å²) in [5, 5.41) is 8.63. The minimum absolute atomic E-state index is 0.0462. The van der Waals surface area contributed by atoms with Crippen LogP contribution in [-0.4, -0.2) is 52.8 Å². The molecule has 0 spiro atoms. The van der Waals surface area contributed by atoms with Crippen LogP contribution < -0.4 is 0 Å². The number of aromatic nitrogens is 1. The predicted molar refractivity (Wildman–Crippen MR) is 74.1 cm³/mol. The highest BCUT2D eigenvalue weighted by molar-refractivity contribution is 5.92. The highest BCUT2D eigenvalue weighted by Gasteiger charge is 2.28. The number of pyridine rings is 1. The smallest absolute Gasteiger partial charge is 0.272 e. The van der Waals surface area contributed by atoms with Gasteiger partial charge in [0, 0.05) is 18.3 Å². The van der Waals surface area contributed by atoms with E-state index in [1.165, 1.54) is 0 Å². The van der Waals surface area contributed by atoms with Gasteiger partial charge in [0.1, 0.15) is 12.3 Å². The third kappa shape index (κ3) is 3.35. The van der Waals surface area contributed by atoms with Crippen molar-refractivity contribution in [3.8, 4) is 11.8 Å². The summed E-state index contributed by atoms with van der Waals surface area (Å²) in [5.74, 6) is 5.20. The highest BCUT2D eigenvalue weighted by Crippen LogP contribution is 2.14. The number of carbonyl (C=O) groups excluding carboxylic acids is 1. The topological polar surface area (TPSA) is 62.7 Å². The van der Waals surface area contributed by atoms with Crippen molar-refractivity contribution in [2.45, 2.75) is 26.0 Å². The van der Waals surface area contributed by atoms with E-state index >= 15 is 0 Å². The normalized spacial score (nSPS) is 22.1. The third-order valence-corrected chi connectivity index (χ3v) is 3.16. The molecule has 0 saturated carbocycles. The molecule has 2 unspecified atom stereocenters. The van der Waals surface area contributed by atoms with Gasteiger partial charge in [-0.25, -0.2) is 4.98 Å². The number of hydrogen-bond acceptors (Lipinski definition) is 4. The van der Waals surface area contributed by atoms with Crippen molar-refractivity contribution in [3.05, 3.63) is 29.6 Å². The molecule has 1 amide bonds. The van der Waals surface area contributed by atoms with Crippen LogP contribution in [0.15, 0.2) is 18.3 Å². The number of ether oxygens (including phenoxy) is 1. The Kier molecular flexibility index (Phi) is 4.72. The molecule has 0 radical (unpaired) electrons. The van der Waals surface area contributed by atoms with Crippen LogP contribution in [0.2, 0.25) is 0 Å². The van der Waals surface area contributed by atoms with Crippen LogP contribution in [0, 0.1) is 11.8 Å². The average Bonchev–Trinajstić information content (AvgIpc) is 2.47. The first kappa shape index (κ1) is 14.5. The Bertz CT molecular complexity index is 530. The molecule has 0 bridgehead atoms. The lowest BCUT2D eigenvalue weighted by atomic mass is 10.1. The maximum Gasteiger partial charge on any atom is 0.272 e. The Morgan fingerprint density at radius 3 is 3.00 bits per heavy atom. The molecule has 1 fully saturated rings. The third-order valence-electron chi connectivity index (χ3n) is 3.16. The van der Waals surface area contributed by atoms with Gasteiger partial charge in [0.25, 0.3) is 5.91 Å². The van der Waals surface area contributed by atoms with Crippen LogP contribution >= 0.6 is 0 Å². The number of aliphatic hydroxyl groups excluding tert-OH is 1. The molecule has 1 aromatic heterocycles. The van der Waals surface area contributed by atoms with E-state index in [4.69, 9.17) is 9.84 Å². The molecule has 20 heavy (non-hydrogen) atoms. The second-order valence-electron chi connectivity index (χ2n) is 4.84. The number of aliphatic hydroxyl groups is 1. The van der Waals surface area contributed by atoms with Crippen molar-refractivity contribution >= 4 is 5.91 Å². The zero-order chi connectivity index (χ0) is 14.5. The molecule has 5 nitrogen and oxygen atoms in total. The van der Waals surface area contributed by atoms with Crippen LogP contribution in [0.3, 0.4) is 0 Å². The number of rotatable bonds is 1. The van der Waals surface area contributed by atoms with Gasteiger partial charge in [0.05, 0.1) is 18.8 Å². The van der Waals surface area contributed by atoms with Gasteiger partial charge in [-0.05, 0) is 26.0 Å². The van der Waals surface area contributed by atoms with Crippen LogP contribution in [0.1, 0.15) is 29.9 Å². The van der Waals surface area contributed by atoms with Gasteiger partial charge >= 0.3 is 0 Å². The summed E-state index contributed by atoms with van der Waals surface area (Å²) in [6.45, 7) is 4.85. The summed E-state index contributed by atoms with van der Waals surface area (Å²) >= 11 is 0. The molecule has 2 rings (SSSR count). The summed E-state index contributed by atoms with van der Waals surface area (Å²) in [5.41, 5.74) is 1.08. The molecule has 1 aliphatic heterocycles. The SMILES string of the molecule is CC1CN(C(=O)c2ccc(C#CCO)cn2)C(C)CO1. The summed E-state index contributed by atoms with van der Waals surface area (Å²) in [6, 6.07) is 3.45. The highest BCUT2D eigenvalue weighted by atomic mass is 16.5. The van der Waals surface area contributed by atoms with Gasteiger partial charge in [0.15, 0.2) is 0 Å². The molecule has 0 aromatic carbocycles. The minimum atomic E-state index is -0.191. The zero-order valence-corrected chi connectivity index (χ0v) is 11.7. The first-order chi connectivity index (χ1) is 9.61. The Labute approximate surface area is 118 Å². The summed E-state index contributed by atoms with van der Waals surface area (Å²) in [6.07, 6.45) is 1.59. The van der Waals surface area contributed by atoms with Crippen molar-refractivity contribution in [2.75, 3.05) is 19.8 Å². The lowest BCUT2D eigenvalue weighted by Gasteiger charge is -2.36. The van der Waals surface area contributed by atoms with Crippen molar-refractivity contribution < 1.29 is 14.6 Å². The van der Waals surface area contributed by atoms with E-state index in [0.29, 0.717) is 24.4 Å². The Hall–Kier alpha value is -1.90.